The van der Waals surface area contributed by atoms with Gasteiger partial charge in [0, 0.05) is 24.1 Å². The average Bonchev–Trinajstić information content (AvgIpc) is 2.44. The van der Waals surface area contributed by atoms with Crippen LogP contribution in [0, 0.1) is 10.1 Å². The number of nitrogens with one attached hydrogen (secondary N) is 3. The number of hydrazine groups is 1. The lowest BCUT2D eigenvalue weighted by Gasteiger charge is -2.09. The van der Waals surface area contributed by atoms with E-state index in [1.807, 2.05) is 0 Å². The van der Waals surface area contributed by atoms with E-state index in [1.54, 1.807) is 6.92 Å². The summed E-state index contributed by atoms with van der Waals surface area (Å²) >= 11 is 4.80. The Bertz CT molecular complexity index is 544. The fraction of sp³-hybridized carbons (Fsp3) is 0.182. The monoisotopic (exact) mass is 296 g/mol. The van der Waals surface area contributed by atoms with Gasteiger partial charge >= 0.3 is 0 Å². The van der Waals surface area contributed by atoms with Crippen LogP contribution in [0.4, 0.5) is 5.69 Å². The van der Waals surface area contributed by atoms with Gasteiger partial charge in [-0.15, -0.1) is 0 Å². The molecule has 1 aromatic carbocycles. The summed E-state index contributed by atoms with van der Waals surface area (Å²) in [6, 6.07) is 5.04. The number of amides is 2. The summed E-state index contributed by atoms with van der Waals surface area (Å²) in [5.74, 6) is -0.819. The van der Waals surface area contributed by atoms with Gasteiger partial charge in [0.25, 0.3) is 11.6 Å². The normalized spacial score (nSPS) is 9.45. The Hall–Kier alpha value is -2.55. The molecule has 0 aromatic heterocycles. The van der Waals surface area contributed by atoms with Crippen molar-refractivity contribution in [3.05, 3.63) is 39.9 Å². The van der Waals surface area contributed by atoms with E-state index < -0.39 is 10.8 Å². The summed E-state index contributed by atoms with van der Waals surface area (Å²) in [4.78, 5) is 32.6. The first kappa shape index (κ1) is 15.5. The molecule has 9 heteroatoms. The van der Waals surface area contributed by atoms with E-state index in [4.69, 9.17) is 12.2 Å². The van der Waals surface area contributed by atoms with Crippen LogP contribution in [0.15, 0.2) is 24.3 Å². The van der Waals surface area contributed by atoms with Gasteiger partial charge in [0.2, 0.25) is 5.91 Å². The number of hydrogen-bond acceptors (Lipinski definition) is 5. The molecule has 0 fully saturated rings. The highest BCUT2D eigenvalue weighted by Gasteiger charge is 2.10. The van der Waals surface area contributed by atoms with Gasteiger partial charge in [-0.05, 0) is 24.4 Å². The van der Waals surface area contributed by atoms with Crippen molar-refractivity contribution >= 4 is 34.8 Å². The lowest BCUT2D eigenvalue weighted by Crippen LogP contribution is -2.48. The smallest absolute Gasteiger partial charge is 0.269 e. The van der Waals surface area contributed by atoms with E-state index >= 15 is 0 Å². The van der Waals surface area contributed by atoms with Crippen LogP contribution < -0.4 is 16.2 Å². The summed E-state index contributed by atoms with van der Waals surface area (Å²) < 4.78 is 0. The Morgan fingerprint density at radius 2 is 1.85 bits per heavy atom. The van der Waals surface area contributed by atoms with Crippen molar-refractivity contribution in [2.75, 3.05) is 0 Å². The molecule has 0 bridgehead atoms. The topological polar surface area (TPSA) is 113 Å². The molecule has 0 saturated heterocycles. The van der Waals surface area contributed by atoms with Crippen LogP contribution in [0.25, 0.3) is 0 Å². The molecule has 1 aromatic rings. The Kier molecular flexibility index (Phi) is 5.54. The van der Waals surface area contributed by atoms with E-state index in [0.29, 0.717) is 0 Å². The number of non-ortho nitro benzene ring substituents is 1. The molecule has 106 valence electrons. The first-order valence-corrected chi connectivity index (χ1v) is 5.99. The number of nitrogens with zero attached hydrogens (tertiary/aromatic N) is 1. The molecule has 3 N–H and O–H groups in total. The molecule has 0 heterocycles. The predicted molar refractivity (Wildman–Crippen MR) is 74.7 cm³/mol. The zero-order valence-corrected chi connectivity index (χ0v) is 11.3. The molecule has 0 atom stereocenters. The number of rotatable bonds is 3. The third kappa shape index (κ3) is 4.61. The second-order valence-electron chi connectivity index (χ2n) is 3.61. The summed E-state index contributed by atoms with van der Waals surface area (Å²) in [6.07, 6.45) is 0.270. The standard InChI is InChI=1S/C11H12N4O4S/c1-2-9(16)13-14-11(20)12-10(17)7-3-5-8(6-4-7)15(18)19/h3-6H,2H2,1H3,(H,13,16)(H2,12,14,17,20). The molecule has 20 heavy (non-hydrogen) atoms. The Balaban J connectivity index is 2.55. The highest BCUT2D eigenvalue weighted by atomic mass is 32.1. The van der Waals surface area contributed by atoms with Crippen molar-refractivity contribution in [1.29, 1.82) is 0 Å². The molecule has 0 aliphatic heterocycles. The minimum atomic E-state index is -0.561. The Morgan fingerprint density at radius 1 is 1.25 bits per heavy atom. The number of hydrogen-bond donors (Lipinski definition) is 3. The molecular weight excluding hydrogens is 284 g/mol. The van der Waals surface area contributed by atoms with Crippen LogP contribution in [0.2, 0.25) is 0 Å². The van der Waals surface area contributed by atoms with Crippen LogP contribution in [0.5, 0.6) is 0 Å². The van der Waals surface area contributed by atoms with Crippen molar-refractivity contribution in [1.82, 2.24) is 16.2 Å². The third-order valence-corrected chi connectivity index (χ3v) is 2.41. The van der Waals surface area contributed by atoms with Gasteiger partial charge in [-0.1, -0.05) is 6.92 Å². The highest BCUT2D eigenvalue weighted by molar-refractivity contribution is 7.80. The molecule has 0 aliphatic rings. The Labute approximate surface area is 119 Å². The van der Waals surface area contributed by atoms with Crippen molar-refractivity contribution < 1.29 is 14.5 Å². The summed E-state index contributed by atoms with van der Waals surface area (Å²) in [5.41, 5.74) is 4.73. The maximum Gasteiger partial charge on any atom is 0.269 e. The van der Waals surface area contributed by atoms with Gasteiger partial charge < -0.3 is 0 Å². The van der Waals surface area contributed by atoms with Crippen LogP contribution in [-0.4, -0.2) is 21.9 Å². The van der Waals surface area contributed by atoms with Gasteiger partial charge in [-0.2, -0.15) is 0 Å². The zero-order chi connectivity index (χ0) is 15.1. The summed E-state index contributed by atoms with van der Waals surface area (Å²) in [6.45, 7) is 1.66. The fourth-order valence-electron chi connectivity index (χ4n) is 1.16. The second-order valence-corrected chi connectivity index (χ2v) is 4.02. The number of carbonyl (C=O) groups excluding carboxylic acids is 2. The fourth-order valence-corrected chi connectivity index (χ4v) is 1.30. The maximum atomic E-state index is 11.7. The first-order valence-electron chi connectivity index (χ1n) is 5.58. The average molecular weight is 296 g/mol. The number of thiocarbonyl (C=S) groups is 1. The molecule has 2 amide bonds. The SMILES string of the molecule is CCC(=O)NNC(=S)NC(=O)c1ccc([N+](=O)[O-])cc1. The van der Waals surface area contributed by atoms with E-state index in [2.05, 4.69) is 16.2 Å². The molecule has 0 spiro atoms. The van der Waals surface area contributed by atoms with E-state index in [-0.39, 0.29) is 28.7 Å². The van der Waals surface area contributed by atoms with Gasteiger partial charge in [0.1, 0.15) is 0 Å². The largest absolute Gasteiger partial charge is 0.298 e. The number of carbonyl (C=O) groups is 2. The van der Waals surface area contributed by atoms with Crippen molar-refractivity contribution in [3.63, 3.8) is 0 Å². The van der Waals surface area contributed by atoms with E-state index in [0.717, 1.165) is 0 Å². The number of nitro groups is 1. The van der Waals surface area contributed by atoms with E-state index in [9.17, 15) is 19.7 Å². The van der Waals surface area contributed by atoms with Gasteiger partial charge in [0.15, 0.2) is 5.11 Å². The zero-order valence-electron chi connectivity index (χ0n) is 10.5. The number of benzene rings is 1. The molecule has 1 rings (SSSR count). The van der Waals surface area contributed by atoms with Crippen molar-refractivity contribution in [2.24, 2.45) is 0 Å². The molecule has 0 unspecified atom stereocenters. The maximum absolute atomic E-state index is 11.7. The van der Waals surface area contributed by atoms with Crippen LogP contribution in [0.3, 0.4) is 0 Å². The number of nitro benzene ring substituents is 1. The van der Waals surface area contributed by atoms with Gasteiger partial charge in [-0.3, -0.25) is 35.9 Å². The predicted octanol–water partition coefficient (Wildman–Crippen LogP) is 0.640. The van der Waals surface area contributed by atoms with Crippen LogP contribution >= 0.6 is 12.2 Å². The molecule has 0 aliphatic carbocycles. The summed E-state index contributed by atoms with van der Waals surface area (Å²) in [5, 5.41) is 12.7. The first-order chi connectivity index (χ1) is 9.43. The van der Waals surface area contributed by atoms with Crippen LogP contribution in [-0.2, 0) is 4.79 Å². The molecule has 0 radical (unpaired) electrons. The Morgan fingerprint density at radius 3 is 2.35 bits per heavy atom. The molecule has 0 saturated carbocycles. The second kappa shape index (κ2) is 7.14. The van der Waals surface area contributed by atoms with E-state index in [1.165, 1.54) is 24.3 Å². The van der Waals surface area contributed by atoms with Gasteiger partial charge in [0.05, 0.1) is 4.92 Å². The van der Waals surface area contributed by atoms with Crippen LogP contribution in [0.1, 0.15) is 23.7 Å². The lowest BCUT2D eigenvalue weighted by atomic mass is 10.2. The highest BCUT2D eigenvalue weighted by Crippen LogP contribution is 2.11. The quantitative estimate of drug-likeness (QED) is 0.428. The van der Waals surface area contributed by atoms with Crippen molar-refractivity contribution in [2.45, 2.75) is 13.3 Å². The molecule has 8 nitrogen and oxygen atoms in total. The molecular formula is C11H12N4O4S. The summed E-state index contributed by atoms with van der Waals surface area (Å²) in [7, 11) is 0. The minimum Gasteiger partial charge on any atom is -0.298 e. The minimum absolute atomic E-state index is 0.0739. The van der Waals surface area contributed by atoms with Crippen molar-refractivity contribution in [3.8, 4) is 0 Å². The van der Waals surface area contributed by atoms with Gasteiger partial charge in [-0.25, -0.2) is 0 Å². The lowest BCUT2D eigenvalue weighted by molar-refractivity contribution is -0.384. The third-order valence-electron chi connectivity index (χ3n) is 2.20.